The van der Waals surface area contributed by atoms with Crippen LogP contribution in [0.2, 0.25) is 0 Å². The minimum Gasteiger partial charge on any atom is -0.491 e. The number of nitrogens with one attached hydrogen (secondary N) is 2. The lowest BCUT2D eigenvalue weighted by molar-refractivity contribution is -0.0110. The fourth-order valence-corrected chi connectivity index (χ4v) is 3.55. The van der Waals surface area contributed by atoms with Crippen molar-refractivity contribution in [1.29, 1.82) is 0 Å². The van der Waals surface area contributed by atoms with Crippen LogP contribution in [0.5, 0.6) is 5.75 Å². The SMILES string of the molecule is O=C(c1cc(=O)[nH]c(=O)[nH]1)N(Cc1cccc(OCC2CCCCO2)c1)C1CC1. The molecule has 1 aliphatic heterocycles. The van der Waals surface area contributed by atoms with Crippen LogP contribution >= 0.6 is 0 Å². The van der Waals surface area contributed by atoms with Gasteiger partial charge in [-0.25, -0.2) is 4.79 Å². The van der Waals surface area contributed by atoms with E-state index in [0.29, 0.717) is 13.2 Å². The summed E-state index contributed by atoms with van der Waals surface area (Å²) < 4.78 is 11.6. The van der Waals surface area contributed by atoms with E-state index < -0.39 is 11.2 Å². The number of benzene rings is 1. The second-order valence-electron chi connectivity index (χ2n) is 7.61. The number of hydrogen-bond acceptors (Lipinski definition) is 5. The second kappa shape index (κ2) is 8.65. The zero-order chi connectivity index (χ0) is 20.2. The van der Waals surface area contributed by atoms with Gasteiger partial charge in [-0.2, -0.15) is 0 Å². The van der Waals surface area contributed by atoms with Crippen molar-refractivity contribution in [3.63, 3.8) is 0 Å². The molecule has 2 aromatic rings. The first-order valence-electron chi connectivity index (χ1n) is 10.1. The van der Waals surface area contributed by atoms with Crippen molar-refractivity contribution in [3.05, 3.63) is 62.4 Å². The zero-order valence-corrected chi connectivity index (χ0v) is 16.2. The van der Waals surface area contributed by atoms with Crippen LogP contribution in [0.1, 0.15) is 48.2 Å². The molecule has 0 bridgehead atoms. The zero-order valence-electron chi connectivity index (χ0n) is 16.2. The van der Waals surface area contributed by atoms with Gasteiger partial charge in [0.25, 0.3) is 11.5 Å². The molecule has 2 N–H and O–H groups in total. The summed E-state index contributed by atoms with van der Waals surface area (Å²) in [6.45, 7) is 1.69. The lowest BCUT2D eigenvalue weighted by atomic mass is 10.1. The van der Waals surface area contributed by atoms with Crippen LogP contribution in [0.25, 0.3) is 0 Å². The topological polar surface area (TPSA) is 104 Å². The van der Waals surface area contributed by atoms with Crippen molar-refractivity contribution < 1.29 is 14.3 Å². The van der Waals surface area contributed by atoms with Crippen molar-refractivity contribution >= 4 is 5.91 Å². The van der Waals surface area contributed by atoms with Crippen LogP contribution in [0.15, 0.2) is 39.9 Å². The Hall–Kier alpha value is -2.87. The summed E-state index contributed by atoms with van der Waals surface area (Å²) in [5, 5.41) is 0. The summed E-state index contributed by atoms with van der Waals surface area (Å²) in [6, 6.07) is 8.90. The molecule has 4 rings (SSSR count). The summed E-state index contributed by atoms with van der Waals surface area (Å²) in [5.74, 6) is 0.391. The van der Waals surface area contributed by atoms with Gasteiger partial charge >= 0.3 is 5.69 Å². The lowest BCUT2D eigenvalue weighted by Gasteiger charge is -2.24. The lowest BCUT2D eigenvalue weighted by Crippen LogP contribution is -2.36. The minimum atomic E-state index is -0.683. The number of rotatable bonds is 7. The highest BCUT2D eigenvalue weighted by molar-refractivity contribution is 5.92. The van der Waals surface area contributed by atoms with Gasteiger partial charge in [0.15, 0.2) is 0 Å². The smallest absolute Gasteiger partial charge is 0.326 e. The number of ether oxygens (including phenoxy) is 2. The van der Waals surface area contributed by atoms with Crippen LogP contribution < -0.4 is 16.0 Å². The molecular formula is C21H25N3O5. The molecule has 1 aromatic carbocycles. The molecule has 8 nitrogen and oxygen atoms in total. The van der Waals surface area contributed by atoms with E-state index in [1.807, 2.05) is 24.3 Å². The molecule has 0 radical (unpaired) electrons. The minimum absolute atomic E-state index is 0.00695. The van der Waals surface area contributed by atoms with Gasteiger partial charge in [-0.15, -0.1) is 0 Å². The Labute approximate surface area is 167 Å². The predicted molar refractivity (Wildman–Crippen MR) is 106 cm³/mol. The molecule has 1 amide bonds. The maximum atomic E-state index is 12.9. The van der Waals surface area contributed by atoms with Gasteiger partial charge in [-0.05, 0) is 49.8 Å². The van der Waals surface area contributed by atoms with Gasteiger partial charge < -0.3 is 19.4 Å². The number of aromatic amines is 2. The van der Waals surface area contributed by atoms with E-state index >= 15 is 0 Å². The third kappa shape index (κ3) is 5.14. The highest BCUT2D eigenvalue weighted by atomic mass is 16.5. The molecule has 0 spiro atoms. The van der Waals surface area contributed by atoms with Crippen LogP contribution in [0.3, 0.4) is 0 Å². The number of aromatic nitrogens is 2. The van der Waals surface area contributed by atoms with Gasteiger partial charge in [0.1, 0.15) is 18.1 Å². The highest BCUT2D eigenvalue weighted by Gasteiger charge is 2.33. The molecule has 2 aliphatic rings. The molecule has 1 saturated heterocycles. The molecule has 29 heavy (non-hydrogen) atoms. The first-order chi connectivity index (χ1) is 14.1. The van der Waals surface area contributed by atoms with Gasteiger partial charge in [0.05, 0.1) is 6.10 Å². The van der Waals surface area contributed by atoms with Crippen LogP contribution in [-0.2, 0) is 11.3 Å². The fraction of sp³-hybridized carbons (Fsp3) is 0.476. The molecule has 2 fully saturated rings. The molecule has 8 heteroatoms. The average molecular weight is 399 g/mol. The summed E-state index contributed by atoms with van der Waals surface area (Å²) in [7, 11) is 0. The molecule has 2 heterocycles. The van der Waals surface area contributed by atoms with Gasteiger partial charge in [0.2, 0.25) is 0 Å². The normalized spacial score (nSPS) is 19.0. The summed E-state index contributed by atoms with van der Waals surface area (Å²) in [4.78, 5) is 42.2. The third-order valence-electron chi connectivity index (χ3n) is 5.20. The number of carbonyl (C=O) groups excluding carboxylic acids is 1. The summed E-state index contributed by atoms with van der Waals surface area (Å²) >= 11 is 0. The molecule has 1 unspecified atom stereocenters. The maximum Gasteiger partial charge on any atom is 0.326 e. The molecular weight excluding hydrogens is 374 g/mol. The van der Waals surface area contributed by atoms with E-state index in [0.717, 1.165) is 56.1 Å². The van der Waals surface area contributed by atoms with Crippen molar-refractivity contribution in [2.24, 2.45) is 0 Å². The Kier molecular flexibility index (Phi) is 5.80. The maximum absolute atomic E-state index is 12.9. The molecule has 1 aromatic heterocycles. The molecule has 1 saturated carbocycles. The highest BCUT2D eigenvalue weighted by Crippen LogP contribution is 2.30. The number of carbonyl (C=O) groups is 1. The summed E-state index contributed by atoms with van der Waals surface area (Å²) in [6.07, 6.45) is 5.23. The van der Waals surface area contributed by atoms with E-state index in [9.17, 15) is 14.4 Å². The number of hydrogen-bond donors (Lipinski definition) is 2. The molecule has 1 aliphatic carbocycles. The second-order valence-corrected chi connectivity index (χ2v) is 7.61. The van der Waals surface area contributed by atoms with E-state index in [-0.39, 0.29) is 23.7 Å². The Morgan fingerprint density at radius 1 is 1.14 bits per heavy atom. The third-order valence-corrected chi connectivity index (χ3v) is 5.20. The van der Waals surface area contributed by atoms with Crippen molar-refractivity contribution in [3.8, 4) is 5.75 Å². The van der Waals surface area contributed by atoms with Gasteiger partial charge in [-0.1, -0.05) is 12.1 Å². The van der Waals surface area contributed by atoms with E-state index in [1.165, 1.54) is 0 Å². The monoisotopic (exact) mass is 399 g/mol. The number of amides is 1. The largest absolute Gasteiger partial charge is 0.491 e. The van der Waals surface area contributed by atoms with E-state index in [1.54, 1.807) is 4.90 Å². The van der Waals surface area contributed by atoms with Crippen LogP contribution in [0.4, 0.5) is 0 Å². The fourth-order valence-electron chi connectivity index (χ4n) is 3.55. The Bertz CT molecular complexity index is 944. The van der Waals surface area contributed by atoms with Crippen molar-refractivity contribution in [2.75, 3.05) is 13.2 Å². The Morgan fingerprint density at radius 2 is 2.00 bits per heavy atom. The van der Waals surface area contributed by atoms with Crippen molar-refractivity contribution in [2.45, 2.75) is 50.8 Å². The average Bonchev–Trinajstić information content (AvgIpc) is 3.56. The summed E-state index contributed by atoms with van der Waals surface area (Å²) in [5.41, 5.74) is -0.336. The van der Waals surface area contributed by atoms with Crippen LogP contribution in [-0.4, -0.2) is 46.1 Å². The van der Waals surface area contributed by atoms with Crippen molar-refractivity contribution in [1.82, 2.24) is 14.9 Å². The van der Waals surface area contributed by atoms with Crippen LogP contribution in [0, 0.1) is 0 Å². The Balaban J connectivity index is 1.45. The molecule has 1 atom stereocenters. The van der Waals surface area contributed by atoms with E-state index in [4.69, 9.17) is 9.47 Å². The quantitative estimate of drug-likeness (QED) is 0.739. The Morgan fingerprint density at radius 3 is 2.72 bits per heavy atom. The van der Waals surface area contributed by atoms with E-state index in [2.05, 4.69) is 9.97 Å². The standard InChI is InChI=1S/C21H25N3O5/c25-19-11-18(22-21(27)23-19)20(26)24(15-7-8-15)12-14-4-3-6-16(10-14)29-13-17-5-1-2-9-28-17/h3-4,6,10-11,15,17H,1-2,5,7-9,12-13H2,(H2,22,23,25,27). The first kappa shape index (κ1) is 19.4. The first-order valence-corrected chi connectivity index (χ1v) is 10.1. The van der Waals surface area contributed by atoms with Gasteiger partial charge in [-0.3, -0.25) is 14.6 Å². The van der Waals surface area contributed by atoms with Gasteiger partial charge in [0, 0.05) is 25.3 Å². The molecule has 154 valence electrons. The number of H-pyrrole nitrogens is 2. The number of nitrogens with zero attached hydrogens (tertiary/aromatic N) is 1. The predicted octanol–water partition coefficient (Wildman–Crippen LogP) is 1.82.